The zero-order valence-corrected chi connectivity index (χ0v) is 22.2. The largest absolute Gasteiger partial charge is 0.494 e. The van der Waals surface area contributed by atoms with Crippen LogP contribution in [0, 0.1) is 17.7 Å². The molecule has 40 heavy (non-hydrogen) atoms. The summed E-state index contributed by atoms with van der Waals surface area (Å²) < 4.78 is 48.8. The van der Waals surface area contributed by atoms with E-state index in [1.165, 1.54) is 54.7 Å². The zero-order valence-electron chi connectivity index (χ0n) is 21.4. The Hall–Kier alpha value is -3.63. The van der Waals surface area contributed by atoms with Crippen molar-refractivity contribution < 1.29 is 32.6 Å². The predicted molar refractivity (Wildman–Crippen MR) is 142 cm³/mol. The van der Waals surface area contributed by atoms with Gasteiger partial charge in [-0.05, 0) is 43.0 Å². The Labute approximate surface area is 233 Å². The lowest BCUT2D eigenvalue weighted by atomic mass is 9.77. The summed E-state index contributed by atoms with van der Waals surface area (Å²) in [6.07, 6.45) is 0.0580. The van der Waals surface area contributed by atoms with Gasteiger partial charge in [0.25, 0.3) is 11.8 Å². The van der Waals surface area contributed by atoms with E-state index in [0.717, 1.165) is 0 Å². The lowest BCUT2D eigenvalue weighted by Gasteiger charge is -2.40. The summed E-state index contributed by atoms with van der Waals surface area (Å²) in [6, 6.07) is 12.8. The number of aliphatic hydroxyl groups is 1. The zero-order chi connectivity index (χ0) is 28.6. The molecule has 0 saturated heterocycles. The molecule has 2 aromatic carbocycles. The number of alkyl halides is 3. The number of ether oxygens (including phenoxy) is 1. The van der Waals surface area contributed by atoms with E-state index >= 15 is 4.39 Å². The van der Waals surface area contributed by atoms with Crippen molar-refractivity contribution in [1.82, 2.24) is 10.3 Å². The fourth-order valence-electron chi connectivity index (χ4n) is 5.71. The number of halogens is 4. The van der Waals surface area contributed by atoms with Gasteiger partial charge in [-0.25, -0.2) is 13.2 Å². The van der Waals surface area contributed by atoms with E-state index < -0.39 is 52.9 Å². The van der Waals surface area contributed by atoms with Gasteiger partial charge in [0.2, 0.25) is 6.43 Å². The fraction of sp³-hybridized carbons (Fsp3) is 0.345. The van der Waals surface area contributed by atoms with Crippen molar-refractivity contribution >= 4 is 29.1 Å². The highest BCUT2D eigenvalue weighted by molar-refractivity contribution is 6.21. The number of anilines is 1. The van der Waals surface area contributed by atoms with Crippen molar-refractivity contribution in [2.24, 2.45) is 11.8 Å². The lowest BCUT2D eigenvalue weighted by molar-refractivity contribution is -0.132. The van der Waals surface area contributed by atoms with E-state index in [0.29, 0.717) is 5.69 Å². The van der Waals surface area contributed by atoms with Gasteiger partial charge in [-0.1, -0.05) is 30.3 Å². The van der Waals surface area contributed by atoms with E-state index in [-0.39, 0.29) is 41.8 Å². The van der Waals surface area contributed by atoms with Gasteiger partial charge in [0.05, 0.1) is 18.4 Å². The number of pyridine rings is 1. The Morgan fingerprint density at radius 1 is 1.18 bits per heavy atom. The van der Waals surface area contributed by atoms with Crippen molar-refractivity contribution in [2.45, 2.75) is 36.3 Å². The summed E-state index contributed by atoms with van der Waals surface area (Å²) in [5.74, 6) is -4.17. The van der Waals surface area contributed by atoms with Crippen LogP contribution in [0.2, 0.25) is 0 Å². The molecule has 0 bridgehead atoms. The van der Waals surface area contributed by atoms with E-state index in [9.17, 15) is 23.5 Å². The van der Waals surface area contributed by atoms with E-state index in [1.807, 2.05) is 0 Å². The van der Waals surface area contributed by atoms with Crippen LogP contribution in [-0.4, -0.2) is 53.4 Å². The Bertz CT molecular complexity index is 1410. The number of benzene rings is 2. The third-order valence-electron chi connectivity index (χ3n) is 7.78. The number of hydrogen-bond acceptors (Lipinski definition) is 5. The van der Waals surface area contributed by atoms with Crippen molar-refractivity contribution in [1.29, 1.82) is 0 Å². The quantitative estimate of drug-likeness (QED) is 0.406. The molecule has 7 nitrogen and oxygen atoms in total. The van der Waals surface area contributed by atoms with Crippen LogP contribution in [0.5, 0.6) is 5.75 Å². The molecule has 0 spiro atoms. The number of fused-ring (bicyclic) bond motifs is 1. The average molecular weight is 574 g/mol. The van der Waals surface area contributed by atoms with E-state index in [2.05, 4.69) is 10.3 Å². The summed E-state index contributed by atoms with van der Waals surface area (Å²) in [5.41, 5.74) is -1.88. The highest BCUT2D eigenvalue weighted by Gasteiger charge is 2.54. The third kappa shape index (κ3) is 4.79. The molecule has 1 fully saturated rings. The Morgan fingerprint density at radius 3 is 2.62 bits per heavy atom. The van der Waals surface area contributed by atoms with E-state index in [1.54, 1.807) is 24.3 Å². The molecule has 0 unspecified atom stereocenters. The Morgan fingerprint density at radius 2 is 1.93 bits per heavy atom. The first-order chi connectivity index (χ1) is 19.2. The van der Waals surface area contributed by atoms with Gasteiger partial charge in [0.15, 0.2) is 17.2 Å². The first kappa shape index (κ1) is 27.9. The van der Waals surface area contributed by atoms with Crippen LogP contribution < -0.4 is 15.0 Å². The van der Waals surface area contributed by atoms with E-state index in [4.69, 9.17) is 16.3 Å². The minimum absolute atomic E-state index is 0.0473. The Kier molecular flexibility index (Phi) is 7.74. The van der Waals surface area contributed by atoms with Gasteiger partial charge in [-0.3, -0.25) is 14.6 Å². The molecule has 1 aliphatic heterocycles. The van der Waals surface area contributed by atoms with Crippen molar-refractivity contribution in [3.63, 3.8) is 0 Å². The Balaban J connectivity index is 1.41. The molecule has 0 radical (unpaired) electrons. The summed E-state index contributed by atoms with van der Waals surface area (Å²) in [7, 11) is 1.28. The molecule has 11 heteroatoms. The second kappa shape index (κ2) is 11.1. The standard InChI is InChI=1S/C29H27ClF3N3O4/c1-40-24-10-4-8-20(25(24)31)29(39)19-7-2-3-9-23(19)36(28(29)38)15-17-12-18(26(32)33)22(13-21(17)30)35-27(37)16-6-5-11-34-14-16/h2-11,14,17-18,21-22,26,39H,12-13,15H2,1H3,(H,35,37)/t17-,18-,21-,22-,29-/m1/s1. The number of para-hydroxylation sites is 1. The minimum Gasteiger partial charge on any atom is -0.494 e. The van der Waals surface area contributed by atoms with Gasteiger partial charge in [0.1, 0.15) is 0 Å². The molecular formula is C29H27ClF3N3O4. The van der Waals surface area contributed by atoms with Crippen LogP contribution in [0.25, 0.3) is 0 Å². The van der Waals surface area contributed by atoms with Crippen LogP contribution in [0.3, 0.4) is 0 Å². The molecule has 1 aromatic heterocycles. The number of methoxy groups -OCH3 is 1. The molecule has 2 amide bonds. The van der Waals surface area contributed by atoms with Crippen LogP contribution in [-0.2, 0) is 10.4 Å². The highest BCUT2D eigenvalue weighted by Crippen LogP contribution is 2.47. The van der Waals surface area contributed by atoms with Crippen LogP contribution in [0.1, 0.15) is 34.3 Å². The summed E-state index contributed by atoms with van der Waals surface area (Å²) in [5, 5.41) is 13.7. The molecule has 5 rings (SSSR count). The maximum atomic E-state index is 15.3. The van der Waals surface area contributed by atoms with Gasteiger partial charge < -0.3 is 20.1 Å². The topological polar surface area (TPSA) is 91.8 Å². The van der Waals surface area contributed by atoms with Gasteiger partial charge in [-0.2, -0.15) is 0 Å². The molecule has 2 heterocycles. The van der Waals surface area contributed by atoms with Gasteiger partial charge in [-0.15, -0.1) is 11.6 Å². The maximum Gasteiger partial charge on any atom is 0.268 e. The average Bonchev–Trinajstić information content (AvgIpc) is 3.17. The highest BCUT2D eigenvalue weighted by atomic mass is 35.5. The van der Waals surface area contributed by atoms with Crippen molar-refractivity contribution in [3.8, 4) is 5.75 Å². The first-order valence-corrected chi connectivity index (χ1v) is 13.2. The van der Waals surface area contributed by atoms with Crippen LogP contribution in [0.15, 0.2) is 67.0 Å². The molecule has 1 aliphatic carbocycles. The fourth-order valence-corrected chi connectivity index (χ4v) is 6.09. The maximum absolute atomic E-state index is 15.3. The number of rotatable bonds is 7. The van der Waals surface area contributed by atoms with Crippen molar-refractivity contribution in [2.75, 3.05) is 18.6 Å². The molecule has 210 valence electrons. The molecule has 1 saturated carbocycles. The number of carbonyl (C=O) groups is 2. The van der Waals surface area contributed by atoms with Crippen LogP contribution in [0.4, 0.5) is 18.9 Å². The number of aromatic nitrogens is 1. The third-order valence-corrected chi connectivity index (χ3v) is 8.31. The predicted octanol–water partition coefficient (Wildman–Crippen LogP) is 4.51. The second-order valence-electron chi connectivity index (χ2n) is 10.0. The molecule has 3 aromatic rings. The van der Waals surface area contributed by atoms with Crippen LogP contribution >= 0.6 is 11.6 Å². The van der Waals surface area contributed by atoms with Gasteiger partial charge >= 0.3 is 0 Å². The minimum atomic E-state index is -2.75. The smallest absolute Gasteiger partial charge is 0.268 e. The SMILES string of the molecule is COc1cccc([C@@]2(O)C(=O)N(C[C@H]3C[C@@H](C(F)F)[C@H](NC(=O)c4cccnc4)C[C@H]3Cl)c3ccccc32)c1F. The van der Waals surface area contributed by atoms with Gasteiger partial charge in [0, 0.05) is 47.4 Å². The normalized spacial score (nSPS) is 26.1. The number of carbonyl (C=O) groups excluding carboxylic acids is 2. The number of amides is 2. The molecule has 2 aliphatic rings. The summed E-state index contributed by atoms with van der Waals surface area (Å²) >= 11 is 6.70. The number of nitrogens with one attached hydrogen (secondary N) is 1. The number of hydrogen-bond donors (Lipinski definition) is 2. The molecule has 2 N–H and O–H groups in total. The summed E-state index contributed by atoms with van der Waals surface area (Å²) in [6.45, 7) is -0.0790. The molecular weight excluding hydrogens is 547 g/mol. The number of nitrogens with zero attached hydrogens (tertiary/aromatic N) is 2. The first-order valence-electron chi connectivity index (χ1n) is 12.8. The van der Waals surface area contributed by atoms with Crippen molar-refractivity contribution in [3.05, 3.63) is 89.5 Å². The molecule has 5 atom stereocenters. The summed E-state index contributed by atoms with van der Waals surface area (Å²) in [4.78, 5) is 31.6. The monoisotopic (exact) mass is 573 g/mol. The lowest BCUT2D eigenvalue weighted by Crippen LogP contribution is -2.52. The second-order valence-corrected chi connectivity index (χ2v) is 10.6.